The van der Waals surface area contributed by atoms with Crippen molar-refractivity contribution in [2.75, 3.05) is 7.11 Å². The molecule has 1 heterocycles. The van der Waals surface area contributed by atoms with Crippen molar-refractivity contribution in [1.29, 1.82) is 0 Å². The van der Waals surface area contributed by atoms with Gasteiger partial charge in [-0.15, -0.1) is 0 Å². The van der Waals surface area contributed by atoms with E-state index in [0.717, 1.165) is 35.7 Å². The van der Waals surface area contributed by atoms with Crippen molar-refractivity contribution < 1.29 is 18.7 Å². The van der Waals surface area contributed by atoms with Gasteiger partial charge in [-0.2, -0.15) is 0 Å². The van der Waals surface area contributed by atoms with E-state index in [0.29, 0.717) is 16.9 Å². The maximum absolute atomic E-state index is 15.5. The smallest absolute Gasteiger partial charge is 0.290 e. The van der Waals surface area contributed by atoms with Crippen LogP contribution in [0.5, 0.6) is 5.75 Å². The monoisotopic (exact) mass is 453 g/mol. The number of nitrogens with one attached hydrogen (secondary N) is 1. The maximum atomic E-state index is 15.5. The molecule has 1 N–H and O–H groups in total. The second-order valence-electron chi connectivity index (χ2n) is 9.91. The molecule has 4 rings (SSSR count). The molecule has 0 atom stereocenters. The van der Waals surface area contributed by atoms with Crippen LogP contribution < -0.4 is 10.1 Å². The Bertz CT molecular complexity index is 1180. The largest absolute Gasteiger partial charge is 0.496 e. The Balaban J connectivity index is 1.87. The molecule has 2 aromatic rings. The third-order valence-electron chi connectivity index (χ3n) is 6.70. The van der Waals surface area contributed by atoms with E-state index >= 15 is 4.39 Å². The lowest BCUT2D eigenvalue weighted by Crippen LogP contribution is -2.34. The second kappa shape index (κ2) is 7.77. The van der Waals surface area contributed by atoms with Crippen LogP contribution in [0.3, 0.4) is 0 Å². The highest BCUT2D eigenvalue weighted by molar-refractivity contribution is 8.18. The molecule has 0 saturated carbocycles. The van der Waals surface area contributed by atoms with Crippen molar-refractivity contribution in [3.8, 4) is 16.9 Å². The van der Waals surface area contributed by atoms with Gasteiger partial charge in [-0.25, -0.2) is 4.39 Å². The molecule has 2 aromatic carbocycles. The fraction of sp³-hybridized carbons (Fsp3) is 0.385. The van der Waals surface area contributed by atoms with Gasteiger partial charge in [0.15, 0.2) is 0 Å². The number of hydrogen-bond donors (Lipinski definition) is 1. The van der Waals surface area contributed by atoms with E-state index in [4.69, 9.17) is 4.74 Å². The number of methoxy groups -OCH3 is 1. The minimum Gasteiger partial charge on any atom is -0.496 e. The molecule has 1 saturated heterocycles. The van der Waals surface area contributed by atoms with Gasteiger partial charge in [-0.1, -0.05) is 33.8 Å². The van der Waals surface area contributed by atoms with Crippen molar-refractivity contribution in [1.82, 2.24) is 5.32 Å². The Morgan fingerprint density at radius 2 is 1.66 bits per heavy atom. The molecule has 0 spiro atoms. The molecule has 0 unspecified atom stereocenters. The number of imide groups is 1. The van der Waals surface area contributed by atoms with Crippen LogP contribution in [0.4, 0.5) is 9.18 Å². The SMILES string of the molecule is COc1cc(/C=C2\SC(=O)NC2=O)cc(F)c1-c1cc2c(cc1C)C(C)(C)CCC2(C)C. The fourth-order valence-corrected chi connectivity index (χ4v) is 5.35. The first-order valence-corrected chi connectivity index (χ1v) is 11.5. The molecule has 168 valence electrons. The van der Waals surface area contributed by atoms with Gasteiger partial charge in [0.05, 0.1) is 17.6 Å². The Hall–Kier alpha value is -2.60. The molecule has 0 aromatic heterocycles. The zero-order valence-corrected chi connectivity index (χ0v) is 20.1. The Labute approximate surface area is 192 Å². The van der Waals surface area contributed by atoms with Gasteiger partial charge in [-0.3, -0.25) is 14.9 Å². The molecule has 6 heteroatoms. The summed E-state index contributed by atoms with van der Waals surface area (Å²) in [6.07, 6.45) is 3.69. The van der Waals surface area contributed by atoms with Gasteiger partial charge in [0.1, 0.15) is 11.6 Å². The molecule has 4 nitrogen and oxygen atoms in total. The van der Waals surface area contributed by atoms with Crippen LogP contribution in [-0.2, 0) is 15.6 Å². The number of thioether (sulfide) groups is 1. The van der Waals surface area contributed by atoms with E-state index in [-0.39, 0.29) is 15.7 Å². The van der Waals surface area contributed by atoms with Gasteiger partial charge >= 0.3 is 0 Å². The topological polar surface area (TPSA) is 55.4 Å². The highest BCUT2D eigenvalue weighted by Crippen LogP contribution is 2.48. The number of halogens is 1. The summed E-state index contributed by atoms with van der Waals surface area (Å²) in [4.78, 5) is 23.5. The summed E-state index contributed by atoms with van der Waals surface area (Å²) in [5.41, 5.74) is 5.33. The van der Waals surface area contributed by atoms with Crippen LogP contribution in [0.2, 0.25) is 0 Å². The number of ether oxygens (including phenoxy) is 1. The third-order valence-corrected chi connectivity index (χ3v) is 7.51. The molecule has 1 aliphatic heterocycles. The second-order valence-corrected chi connectivity index (χ2v) is 10.9. The third kappa shape index (κ3) is 3.85. The van der Waals surface area contributed by atoms with E-state index in [1.165, 1.54) is 30.4 Å². The lowest BCUT2D eigenvalue weighted by molar-refractivity contribution is -0.115. The molecular formula is C26H28FNO3S. The van der Waals surface area contributed by atoms with Crippen LogP contribution in [-0.4, -0.2) is 18.3 Å². The zero-order valence-electron chi connectivity index (χ0n) is 19.3. The molecular weight excluding hydrogens is 425 g/mol. The number of hydrogen-bond acceptors (Lipinski definition) is 4. The Kier molecular flexibility index (Phi) is 5.48. The standard InChI is InChI=1S/C26H28FNO3S/c1-14-9-17-18(26(4,5)8-7-25(17,2)3)13-16(14)22-19(27)10-15(11-20(22)31-6)12-21-23(29)28-24(30)32-21/h9-13H,7-8H2,1-6H3,(H,28,29,30)/b21-12-. The van der Waals surface area contributed by atoms with Gasteiger partial charge in [0.25, 0.3) is 11.1 Å². The molecule has 2 aliphatic rings. The van der Waals surface area contributed by atoms with Gasteiger partial charge in [-0.05, 0) is 94.4 Å². The first-order chi connectivity index (χ1) is 14.9. The van der Waals surface area contributed by atoms with Crippen molar-refractivity contribution >= 4 is 29.0 Å². The Morgan fingerprint density at radius 1 is 1.03 bits per heavy atom. The van der Waals surface area contributed by atoms with Crippen LogP contribution in [0.1, 0.15) is 62.8 Å². The number of fused-ring (bicyclic) bond motifs is 1. The summed E-state index contributed by atoms with van der Waals surface area (Å²) in [6, 6.07) is 7.42. The molecule has 1 aliphatic carbocycles. The highest BCUT2D eigenvalue weighted by atomic mass is 32.2. The minimum atomic E-state index is -0.473. The van der Waals surface area contributed by atoms with Gasteiger partial charge in [0.2, 0.25) is 0 Å². The number of carbonyl (C=O) groups is 2. The minimum absolute atomic E-state index is 0.000961. The van der Waals surface area contributed by atoms with Gasteiger partial charge in [0, 0.05) is 0 Å². The fourth-order valence-electron chi connectivity index (χ4n) is 4.67. The van der Waals surface area contributed by atoms with E-state index in [1.807, 2.05) is 6.92 Å². The van der Waals surface area contributed by atoms with Crippen LogP contribution in [0, 0.1) is 12.7 Å². The highest BCUT2D eigenvalue weighted by Gasteiger charge is 2.38. The maximum Gasteiger partial charge on any atom is 0.290 e. The van der Waals surface area contributed by atoms with Crippen LogP contribution >= 0.6 is 11.8 Å². The summed E-state index contributed by atoms with van der Waals surface area (Å²) >= 11 is 0.804. The first kappa shape index (κ1) is 22.6. The molecule has 0 radical (unpaired) electrons. The zero-order chi connectivity index (χ0) is 23.4. The number of carbonyl (C=O) groups excluding carboxylic acids is 2. The number of rotatable bonds is 3. The first-order valence-electron chi connectivity index (χ1n) is 10.7. The van der Waals surface area contributed by atoms with Crippen molar-refractivity contribution in [2.45, 2.75) is 58.3 Å². The van der Waals surface area contributed by atoms with Gasteiger partial charge < -0.3 is 4.74 Å². The van der Waals surface area contributed by atoms with Crippen LogP contribution in [0.25, 0.3) is 17.2 Å². The number of aryl methyl sites for hydroxylation is 1. The summed E-state index contributed by atoms with van der Waals surface area (Å²) in [7, 11) is 1.51. The summed E-state index contributed by atoms with van der Waals surface area (Å²) in [6.45, 7) is 11.0. The van der Waals surface area contributed by atoms with Crippen LogP contribution in [0.15, 0.2) is 29.2 Å². The summed E-state index contributed by atoms with van der Waals surface area (Å²) in [5, 5.41) is 1.78. The molecule has 0 bridgehead atoms. The molecule has 2 amide bonds. The molecule has 1 fully saturated rings. The Morgan fingerprint density at radius 3 is 2.22 bits per heavy atom. The summed E-state index contributed by atoms with van der Waals surface area (Å²) in [5.74, 6) is -0.511. The average Bonchev–Trinajstić information content (AvgIpc) is 3.02. The van der Waals surface area contributed by atoms with E-state index in [1.54, 1.807) is 6.07 Å². The van der Waals surface area contributed by atoms with Crippen molar-refractivity contribution in [3.05, 3.63) is 57.2 Å². The quantitative estimate of drug-likeness (QED) is 0.540. The van der Waals surface area contributed by atoms with Crippen molar-refractivity contribution in [3.63, 3.8) is 0 Å². The normalized spacial score (nSPS) is 20.3. The van der Waals surface area contributed by atoms with E-state index in [2.05, 4.69) is 45.1 Å². The molecule has 32 heavy (non-hydrogen) atoms. The lowest BCUT2D eigenvalue weighted by Gasteiger charge is -2.42. The number of amides is 2. The van der Waals surface area contributed by atoms with E-state index < -0.39 is 17.0 Å². The predicted molar refractivity (Wildman–Crippen MR) is 128 cm³/mol. The average molecular weight is 454 g/mol. The number of benzene rings is 2. The van der Waals surface area contributed by atoms with Crippen molar-refractivity contribution in [2.24, 2.45) is 0 Å². The lowest BCUT2D eigenvalue weighted by atomic mass is 9.62. The van der Waals surface area contributed by atoms with E-state index in [9.17, 15) is 9.59 Å². The predicted octanol–water partition coefficient (Wildman–Crippen LogP) is 6.48. The summed E-state index contributed by atoms with van der Waals surface area (Å²) < 4.78 is 21.1.